The molecule has 0 aliphatic heterocycles. The van der Waals surface area contributed by atoms with Crippen molar-refractivity contribution in [1.29, 1.82) is 0 Å². The molecule has 0 aliphatic rings. The van der Waals surface area contributed by atoms with Crippen molar-refractivity contribution in [3.05, 3.63) is 41.3 Å². The summed E-state index contributed by atoms with van der Waals surface area (Å²) in [6, 6.07) is 3.74. The smallest absolute Gasteiger partial charge is 0.326 e. The fraction of sp³-hybridized carbons (Fsp3) is 0.312. The molecule has 0 aliphatic carbocycles. The van der Waals surface area contributed by atoms with Crippen LogP contribution in [0, 0.1) is 5.82 Å². The molecule has 0 saturated heterocycles. The molecule has 8 nitrogen and oxygen atoms in total. The van der Waals surface area contributed by atoms with Gasteiger partial charge in [-0.2, -0.15) is 0 Å². The van der Waals surface area contributed by atoms with Gasteiger partial charge in [-0.3, -0.25) is 9.59 Å². The molecule has 1 unspecified atom stereocenters. The maximum atomic E-state index is 12.9. The number of aliphatic hydroxyl groups is 1. The number of carbonyl (C=O) groups excluding carboxylic acids is 1. The fourth-order valence-electron chi connectivity index (χ4n) is 1.88. The van der Waals surface area contributed by atoms with Crippen molar-refractivity contribution < 1.29 is 34.1 Å². The predicted octanol–water partition coefficient (Wildman–Crippen LogP) is 0.529. The molecule has 0 saturated carbocycles. The number of aliphatic hydroxyl groups excluding tert-OH is 1. The van der Waals surface area contributed by atoms with Gasteiger partial charge in [-0.15, -0.1) is 0 Å². The largest absolute Gasteiger partial charge is 0.481 e. The summed E-state index contributed by atoms with van der Waals surface area (Å²) in [5.74, 6) is -3.88. The Morgan fingerprint density at radius 1 is 1.16 bits per heavy atom. The lowest BCUT2D eigenvalue weighted by atomic mass is 10.1. The number of carbonyl (C=O) groups is 3. The van der Waals surface area contributed by atoms with Crippen LogP contribution in [0.5, 0.6) is 0 Å². The van der Waals surface area contributed by atoms with Crippen LogP contribution in [0.15, 0.2) is 30.0 Å². The maximum Gasteiger partial charge on any atom is 0.326 e. The molecule has 9 heteroatoms. The van der Waals surface area contributed by atoms with Gasteiger partial charge in [0.1, 0.15) is 23.8 Å². The number of aliphatic carboxylic acids is 2. The Labute approximate surface area is 143 Å². The zero-order chi connectivity index (χ0) is 19.0. The normalized spacial score (nSPS) is 13.6. The summed E-state index contributed by atoms with van der Waals surface area (Å²) < 4.78 is 12.9. The zero-order valence-corrected chi connectivity index (χ0v) is 13.4. The second kappa shape index (κ2) is 9.38. The van der Waals surface area contributed by atoms with Gasteiger partial charge in [-0.05, 0) is 37.1 Å². The summed E-state index contributed by atoms with van der Waals surface area (Å²) in [5, 5.41) is 31.8. The Kier molecular flexibility index (Phi) is 7.54. The highest BCUT2D eigenvalue weighted by Crippen LogP contribution is 2.09. The van der Waals surface area contributed by atoms with Crippen LogP contribution in [-0.4, -0.2) is 45.4 Å². The number of halogens is 1. The molecule has 25 heavy (non-hydrogen) atoms. The number of hydrogen-bond acceptors (Lipinski definition) is 5. The number of hydrogen-bond donors (Lipinski definition) is 5. The minimum absolute atomic E-state index is 0.150. The topological polar surface area (TPSA) is 136 Å². The summed E-state index contributed by atoms with van der Waals surface area (Å²) in [7, 11) is 0. The number of carboxylic acids is 2. The van der Waals surface area contributed by atoms with Crippen LogP contribution in [0.25, 0.3) is 6.08 Å². The second-order valence-electron chi connectivity index (χ2n) is 5.23. The first-order valence-electron chi connectivity index (χ1n) is 7.36. The Morgan fingerprint density at radius 3 is 2.24 bits per heavy atom. The predicted molar refractivity (Wildman–Crippen MR) is 85.6 cm³/mol. The van der Waals surface area contributed by atoms with Gasteiger partial charge in [0.25, 0.3) is 5.91 Å². The van der Waals surface area contributed by atoms with Gasteiger partial charge in [-0.1, -0.05) is 12.1 Å². The maximum absolute atomic E-state index is 12.9. The van der Waals surface area contributed by atoms with E-state index >= 15 is 0 Å². The van der Waals surface area contributed by atoms with Gasteiger partial charge >= 0.3 is 11.9 Å². The average Bonchev–Trinajstić information content (AvgIpc) is 2.51. The van der Waals surface area contributed by atoms with Gasteiger partial charge < -0.3 is 26.0 Å². The van der Waals surface area contributed by atoms with E-state index in [0.29, 0.717) is 5.56 Å². The quantitative estimate of drug-likeness (QED) is 0.322. The number of benzene rings is 1. The van der Waals surface area contributed by atoms with E-state index in [1.807, 2.05) is 0 Å². The summed E-state index contributed by atoms with van der Waals surface area (Å²) in [6.07, 6.45) is -0.537. The first-order valence-corrected chi connectivity index (χ1v) is 7.36. The van der Waals surface area contributed by atoms with Gasteiger partial charge in [0, 0.05) is 6.42 Å². The first-order chi connectivity index (χ1) is 11.7. The highest BCUT2D eigenvalue weighted by Gasteiger charge is 2.23. The molecule has 2 atom stereocenters. The molecule has 0 radical (unpaired) electrons. The van der Waals surface area contributed by atoms with Crippen molar-refractivity contribution in [2.24, 2.45) is 0 Å². The third-order valence-electron chi connectivity index (χ3n) is 3.04. The minimum Gasteiger partial charge on any atom is -0.481 e. The highest BCUT2D eigenvalue weighted by molar-refractivity contribution is 5.99. The highest BCUT2D eigenvalue weighted by atomic mass is 19.1. The minimum atomic E-state index is -1.41. The first kappa shape index (κ1) is 20.1. The number of nitrogens with one attached hydrogen (secondary N) is 2. The molecule has 1 aromatic rings. The van der Waals surface area contributed by atoms with Gasteiger partial charge in [0.05, 0.1) is 0 Å². The lowest BCUT2D eigenvalue weighted by Gasteiger charge is -2.17. The van der Waals surface area contributed by atoms with Gasteiger partial charge in [-0.25, -0.2) is 9.18 Å². The lowest BCUT2D eigenvalue weighted by molar-refractivity contribution is -0.142. The van der Waals surface area contributed by atoms with Crippen molar-refractivity contribution in [1.82, 2.24) is 10.6 Å². The molecule has 5 N–H and O–H groups in total. The Morgan fingerprint density at radius 2 is 1.76 bits per heavy atom. The van der Waals surface area contributed by atoms with E-state index in [9.17, 15) is 23.9 Å². The molecule has 0 bridgehead atoms. The van der Waals surface area contributed by atoms with Crippen LogP contribution in [0.3, 0.4) is 0 Å². The van der Waals surface area contributed by atoms with E-state index in [4.69, 9.17) is 10.2 Å². The van der Waals surface area contributed by atoms with E-state index in [2.05, 4.69) is 10.6 Å². The molecule has 0 spiro atoms. The molecule has 1 rings (SSSR count). The van der Waals surface area contributed by atoms with Crippen LogP contribution in [0.1, 0.15) is 25.3 Å². The molecule has 1 aromatic carbocycles. The van der Waals surface area contributed by atoms with E-state index in [0.717, 1.165) is 0 Å². The van der Waals surface area contributed by atoms with Crippen LogP contribution in [0.4, 0.5) is 4.39 Å². The number of amides is 1. The SMILES string of the molecule is CC(O)N/C(=C/c1ccc(F)cc1)C(=O)N[C@@H](CCC(=O)O)C(=O)O. The Hall–Kier alpha value is -2.94. The van der Waals surface area contributed by atoms with Crippen LogP contribution < -0.4 is 10.6 Å². The van der Waals surface area contributed by atoms with Crippen LogP contribution in [0.2, 0.25) is 0 Å². The van der Waals surface area contributed by atoms with Crippen molar-refractivity contribution in [3.63, 3.8) is 0 Å². The zero-order valence-electron chi connectivity index (χ0n) is 13.4. The van der Waals surface area contributed by atoms with Crippen LogP contribution >= 0.6 is 0 Å². The summed E-state index contributed by atoms with van der Waals surface area (Å²) >= 11 is 0. The fourth-order valence-corrected chi connectivity index (χ4v) is 1.88. The van der Waals surface area contributed by atoms with E-state index in [1.165, 1.54) is 37.3 Å². The Balaban J connectivity index is 2.96. The van der Waals surface area contributed by atoms with E-state index < -0.39 is 42.4 Å². The van der Waals surface area contributed by atoms with E-state index in [-0.39, 0.29) is 12.1 Å². The van der Waals surface area contributed by atoms with Gasteiger partial charge in [0.2, 0.25) is 0 Å². The lowest BCUT2D eigenvalue weighted by Crippen LogP contribution is -2.44. The molecule has 0 aromatic heterocycles. The molecule has 0 heterocycles. The number of carboxylic acid groups (broad SMARTS) is 2. The second-order valence-corrected chi connectivity index (χ2v) is 5.23. The standard InChI is InChI=1S/C16H19FN2O6/c1-9(20)18-13(8-10-2-4-11(17)5-3-10)15(23)19-12(16(24)25)6-7-14(21)22/h2-5,8-9,12,18,20H,6-7H2,1H3,(H,19,23)(H,21,22)(H,24,25)/b13-8+/t9?,12-/m0/s1. The molecular formula is C16H19FN2O6. The summed E-state index contributed by atoms with van der Waals surface area (Å²) in [6.45, 7) is 1.35. The van der Waals surface area contributed by atoms with E-state index in [1.54, 1.807) is 0 Å². The average molecular weight is 354 g/mol. The monoisotopic (exact) mass is 354 g/mol. The van der Waals surface area contributed by atoms with Crippen molar-refractivity contribution in [2.45, 2.75) is 32.0 Å². The number of rotatable bonds is 9. The van der Waals surface area contributed by atoms with Crippen molar-refractivity contribution in [3.8, 4) is 0 Å². The summed E-state index contributed by atoms with van der Waals surface area (Å²) in [5.41, 5.74) is 0.292. The van der Waals surface area contributed by atoms with Crippen LogP contribution in [-0.2, 0) is 14.4 Å². The van der Waals surface area contributed by atoms with Gasteiger partial charge in [0.15, 0.2) is 0 Å². The third kappa shape index (κ3) is 7.44. The molecule has 136 valence electrons. The van der Waals surface area contributed by atoms with Crippen molar-refractivity contribution in [2.75, 3.05) is 0 Å². The molecule has 0 fully saturated rings. The molecule has 1 amide bonds. The molecular weight excluding hydrogens is 335 g/mol. The third-order valence-corrected chi connectivity index (χ3v) is 3.04. The summed E-state index contributed by atoms with van der Waals surface area (Å²) in [4.78, 5) is 34.0. The Bertz CT molecular complexity index is 657. The van der Waals surface area contributed by atoms with Crippen molar-refractivity contribution >= 4 is 23.9 Å².